The Morgan fingerprint density at radius 3 is 3.00 bits per heavy atom. The highest BCUT2D eigenvalue weighted by molar-refractivity contribution is 9.09. The Balaban J connectivity index is 2.18. The largest absolute Gasteiger partial charge is 0.248 e. The summed E-state index contributed by atoms with van der Waals surface area (Å²) in [5.41, 5.74) is 1.35. The number of aromatic nitrogens is 3. The van der Waals surface area contributed by atoms with E-state index in [4.69, 9.17) is 11.6 Å². The Kier molecular flexibility index (Phi) is 4.35. The minimum Gasteiger partial charge on any atom is -0.248 e. The molecular formula is C12H12BrClFN3. The first-order valence-electron chi connectivity index (χ1n) is 5.58. The van der Waals surface area contributed by atoms with Crippen molar-refractivity contribution in [3.8, 4) is 0 Å². The molecule has 1 heterocycles. The second-order valence-corrected chi connectivity index (χ2v) is 5.49. The molecule has 1 aromatic carbocycles. The van der Waals surface area contributed by atoms with Crippen molar-refractivity contribution < 1.29 is 4.39 Å². The van der Waals surface area contributed by atoms with Crippen LogP contribution in [0, 0.1) is 5.82 Å². The lowest BCUT2D eigenvalue weighted by atomic mass is 10.2. The van der Waals surface area contributed by atoms with E-state index in [1.807, 2.05) is 6.20 Å². The zero-order chi connectivity index (χ0) is 13.1. The summed E-state index contributed by atoms with van der Waals surface area (Å²) in [6.07, 6.45) is 2.73. The number of halogens is 3. The van der Waals surface area contributed by atoms with Gasteiger partial charge in [0.1, 0.15) is 5.82 Å². The predicted molar refractivity (Wildman–Crippen MR) is 72.5 cm³/mol. The molecule has 2 rings (SSSR count). The maximum absolute atomic E-state index is 13.6. The minimum atomic E-state index is -0.290. The summed E-state index contributed by atoms with van der Waals surface area (Å²) in [5.74, 6) is -0.290. The highest BCUT2D eigenvalue weighted by atomic mass is 79.9. The zero-order valence-electron chi connectivity index (χ0n) is 9.78. The van der Waals surface area contributed by atoms with Crippen LogP contribution in [0.1, 0.15) is 29.4 Å². The predicted octanol–water partition coefficient (Wildman–Crippen LogP) is 3.96. The summed E-state index contributed by atoms with van der Waals surface area (Å²) in [5, 5.41) is 8.54. The maximum atomic E-state index is 13.6. The molecule has 0 saturated carbocycles. The molecule has 1 atom stereocenters. The van der Waals surface area contributed by atoms with Crippen LogP contribution in [0.3, 0.4) is 0 Å². The third kappa shape index (κ3) is 3.09. The van der Waals surface area contributed by atoms with E-state index in [1.165, 1.54) is 12.1 Å². The number of alkyl halides is 1. The minimum absolute atomic E-state index is 0.176. The molecule has 18 heavy (non-hydrogen) atoms. The van der Waals surface area contributed by atoms with Crippen LogP contribution in [-0.2, 0) is 6.54 Å². The van der Waals surface area contributed by atoms with Crippen LogP contribution in [0.5, 0.6) is 0 Å². The molecule has 0 N–H and O–H groups in total. The fraction of sp³-hybridized carbons (Fsp3) is 0.333. The highest BCUT2D eigenvalue weighted by Gasteiger charge is 2.11. The van der Waals surface area contributed by atoms with Gasteiger partial charge in [-0.15, -0.1) is 5.10 Å². The van der Waals surface area contributed by atoms with Gasteiger partial charge in [-0.1, -0.05) is 39.7 Å². The van der Waals surface area contributed by atoms with Gasteiger partial charge < -0.3 is 0 Å². The topological polar surface area (TPSA) is 30.7 Å². The van der Waals surface area contributed by atoms with Crippen LogP contribution in [0.25, 0.3) is 0 Å². The Labute approximate surface area is 118 Å². The first-order valence-corrected chi connectivity index (χ1v) is 6.87. The molecule has 0 bridgehead atoms. The van der Waals surface area contributed by atoms with Gasteiger partial charge in [-0.2, -0.15) is 0 Å². The van der Waals surface area contributed by atoms with Crippen LogP contribution < -0.4 is 0 Å². The first-order chi connectivity index (χ1) is 8.60. The summed E-state index contributed by atoms with van der Waals surface area (Å²) in [4.78, 5) is 0.176. The molecule has 6 heteroatoms. The molecule has 0 radical (unpaired) electrons. The van der Waals surface area contributed by atoms with Crippen molar-refractivity contribution in [3.63, 3.8) is 0 Å². The molecule has 0 spiro atoms. The van der Waals surface area contributed by atoms with E-state index in [0.717, 1.165) is 12.1 Å². The number of benzene rings is 1. The zero-order valence-corrected chi connectivity index (χ0v) is 12.1. The Hall–Kier alpha value is -0.940. The molecular weight excluding hydrogens is 321 g/mol. The quantitative estimate of drug-likeness (QED) is 0.793. The summed E-state index contributed by atoms with van der Waals surface area (Å²) in [6.45, 7) is 2.37. The molecule has 1 aromatic heterocycles. The number of hydrogen-bond acceptors (Lipinski definition) is 2. The van der Waals surface area contributed by atoms with E-state index in [-0.39, 0.29) is 10.6 Å². The molecule has 2 aromatic rings. The van der Waals surface area contributed by atoms with Gasteiger partial charge in [-0.3, -0.25) is 0 Å². The van der Waals surface area contributed by atoms with E-state index in [9.17, 15) is 4.39 Å². The van der Waals surface area contributed by atoms with Gasteiger partial charge >= 0.3 is 0 Å². The smallest absolute Gasteiger partial charge is 0.128 e. The van der Waals surface area contributed by atoms with Crippen LogP contribution in [0.4, 0.5) is 4.39 Å². The average Bonchev–Trinajstić information content (AvgIpc) is 2.81. The van der Waals surface area contributed by atoms with Gasteiger partial charge in [-0.25, -0.2) is 9.07 Å². The maximum Gasteiger partial charge on any atom is 0.128 e. The standard InChI is InChI=1S/C12H12BrClFN3/c1-2-10(13)12-7-18(17-16-12)6-8-5-9(14)3-4-11(8)15/h3-5,7,10H,2,6H2,1H3. The van der Waals surface area contributed by atoms with Crippen LogP contribution in [0.2, 0.25) is 5.02 Å². The van der Waals surface area contributed by atoms with Gasteiger partial charge in [-0.05, 0) is 24.6 Å². The molecule has 1 unspecified atom stereocenters. The average molecular weight is 333 g/mol. The fourth-order valence-corrected chi connectivity index (χ4v) is 1.99. The fourth-order valence-electron chi connectivity index (χ4n) is 1.58. The molecule has 96 valence electrons. The third-order valence-corrected chi connectivity index (χ3v) is 3.93. The summed E-state index contributed by atoms with van der Waals surface area (Å²) < 4.78 is 15.2. The van der Waals surface area contributed by atoms with Crippen LogP contribution in [-0.4, -0.2) is 15.0 Å². The number of rotatable bonds is 4. The van der Waals surface area contributed by atoms with Crippen molar-refractivity contribution in [1.29, 1.82) is 0 Å². The summed E-state index contributed by atoms with van der Waals surface area (Å²) >= 11 is 9.34. The molecule has 0 aliphatic heterocycles. The Bertz CT molecular complexity index is 544. The van der Waals surface area contributed by atoms with Crippen molar-refractivity contribution in [2.45, 2.75) is 24.7 Å². The van der Waals surface area contributed by atoms with Crippen LogP contribution in [0.15, 0.2) is 24.4 Å². The lowest BCUT2D eigenvalue weighted by Gasteiger charge is -2.03. The van der Waals surface area contributed by atoms with E-state index < -0.39 is 0 Å². The van der Waals surface area contributed by atoms with Gasteiger partial charge in [0.2, 0.25) is 0 Å². The van der Waals surface area contributed by atoms with E-state index in [2.05, 4.69) is 33.2 Å². The van der Waals surface area contributed by atoms with Crippen molar-refractivity contribution in [1.82, 2.24) is 15.0 Å². The van der Waals surface area contributed by atoms with E-state index in [1.54, 1.807) is 10.7 Å². The number of nitrogens with zero attached hydrogens (tertiary/aromatic N) is 3. The summed E-state index contributed by atoms with van der Waals surface area (Å²) in [6, 6.07) is 4.48. The van der Waals surface area contributed by atoms with E-state index in [0.29, 0.717) is 17.1 Å². The molecule has 3 nitrogen and oxygen atoms in total. The third-order valence-electron chi connectivity index (χ3n) is 2.58. The van der Waals surface area contributed by atoms with Crippen molar-refractivity contribution in [3.05, 3.63) is 46.5 Å². The normalized spacial score (nSPS) is 12.7. The Morgan fingerprint density at radius 2 is 2.28 bits per heavy atom. The van der Waals surface area contributed by atoms with Crippen LogP contribution >= 0.6 is 27.5 Å². The van der Waals surface area contributed by atoms with Gasteiger partial charge in [0.15, 0.2) is 0 Å². The SMILES string of the molecule is CCC(Br)c1cn(Cc2cc(Cl)ccc2F)nn1. The first kappa shape index (κ1) is 13.5. The summed E-state index contributed by atoms with van der Waals surface area (Å²) in [7, 11) is 0. The molecule has 0 amide bonds. The van der Waals surface area contributed by atoms with Crippen molar-refractivity contribution >= 4 is 27.5 Å². The monoisotopic (exact) mass is 331 g/mol. The van der Waals surface area contributed by atoms with Gasteiger partial charge in [0.25, 0.3) is 0 Å². The second kappa shape index (κ2) is 5.80. The second-order valence-electron chi connectivity index (χ2n) is 3.95. The lowest BCUT2D eigenvalue weighted by Crippen LogP contribution is -2.02. The molecule has 0 fully saturated rings. The van der Waals surface area contributed by atoms with Gasteiger partial charge in [0.05, 0.1) is 17.1 Å². The molecule has 0 saturated heterocycles. The van der Waals surface area contributed by atoms with Crippen molar-refractivity contribution in [2.24, 2.45) is 0 Å². The lowest BCUT2D eigenvalue weighted by molar-refractivity contribution is 0.577. The molecule has 0 aliphatic rings. The number of hydrogen-bond donors (Lipinski definition) is 0. The highest BCUT2D eigenvalue weighted by Crippen LogP contribution is 2.23. The van der Waals surface area contributed by atoms with Crippen molar-refractivity contribution in [2.75, 3.05) is 0 Å². The van der Waals surface area contributed by atoms with E-state index >= 15 is 0 Å². The molecule has 0 aliphatic carbocycles. The van der Waals surface area contributed by atoms with Gasteiger partial charge in [0, 0.05) is 16.8 Å². The Morgan fingerprint density at radius 1 is 1.50 bits per heavy atom.